The molecule has 0 spiro atoms. The molecule has 108 valence electrons. The minimum absolute atomic E-state index is 0.297. The van der Waals surface area contributed by atoms with E-state index in [-0.39, 0.29) is 11.3 Å². The number of benzene rings is 2. The summed E-state index contributed by atoms with van der Waals surface area (Å²) in [4.78, 5) is 22.8. The van der Waals surface area contributed by atoms with Gasteiger partial charge in [-0.15, -0.1) is 0 Å². The smallest absolute Gasteiger partial charge is 0.342 e. The molecular weight excluding hydrogens is 290 g/mol. The second-order valence-corrected chi connectivity index (χ2v) is 5.68. The van der Waals surface area contributed by atoms with E-state index in [1.807, 2.05) is 32.0 Å². The Morgan fingerprint density at radius 2 is 1.90 bits per heavy atom. The Morgan fingerprint density at radius 1 is 1.19 bits per heavy atom. The van der Waals surface area contributed by atoms with Crippen molar-refractivity contribution < 1.29 is 14.8 Å². The van der Waals surface area contributed by atoms with Crippen molar-refractivity contribution >= 4 is 23.4 Å². The molecular formula is C15H13NO4S. The molecule has 0 aromatic heterocycles. The zero-order valence-electron chi connectivity index (χ0n) is 11.5. The second-order valence-electron chi connectivity index (χ2n) is 4.56. The van der Waals surface area contributed by atoms with Crippen molar-refractivity contribution in [2.24, 2.45) is 0 Å². The Kier molecular flexibility index (Phi) is 4.28. The van der Waals surface area contributed by atoms with E-state index in [4.69, 9.17) is 5.11 Å². The van der Waals surface area contributed by atoms with Crippen LogP contribution in [0.3, 0.4) is 0 Å². The number of hydrogen-bond donors (Lipinski definition) is 1. The number of carbonyl (C=O) groups is 1. The second kappa shape index (κ2) is 5.97. The fourth-order valence-corrected chi connectivity index (χ4v) is 2.92. The molecule has 0 radical (unpaired) electrons. The Labute approximate surface area is 125 Å². The van der Waals surface area contributed by atoms with Crippen molar-refractivity contribution in [3.63, 3.8) is 0 Å². The fraction of sp³-hybridized carbons (Fsp3) is 0.133. The Morgan fingerprint density at radius 3 is 2.48 bits per heavy atom. The van der Waals surface area contributed by atoms with Crippen LogP contribution in [0, 0.1) is 24.0 Å². The average molecular weight is 303 g/mol. The summed E-state index contributed by atoms with van der Waals surface area (Å²) in [5, 5.41) is 20.3. The fourth-order valence-electron chi connectivity index (χ4n) is 1.87. The van der Waals surface area contributed by atoms with Crippen molar-refractivity contribution in [3.8, 4) is 0 Å². The number of nitrogens with zero attached hydrogens (tertiary/aromatic N) is 1. The van der Waals surface area contributed by atoms with Gasteiger partial charge in [-0.25, -0.2) is 4.79 Å². The zero-order chi connectivity index (χ0) is 15.6. The van der Waals surface area contributed by atoms with Crippen LogP contribution in [-0.2, 0) is 0 Å². The van der Waals surface area contributed by atoms with Crippen LogP contribution in [0.15, 0.2) is 46.2 Å². The SMILES string of the molecule is Cc1ccc(Sc2cccc(C(=O)O)c2[N+](=O)[O-])cc1C. The van der Waals surface area contributed by atoms with Crippen molar-refractivity contribution in [3.05, 3.63) is 63.2 Å². The van der Waals surface area contributed by atoms with Crippen LogP contribution in [0.5, 0.6) is 0 Å². The quantitative estimate of drug-likeness (QED) is 0.680. The van der Waals surface area contributed by atoms with Crippen LogP contribution in [-0.4, -0.2) is 16.0 Å². The minimum Gasteiger partial charge on any atom is -0.477 e. The summed E-state index contributed by atoms with van der Waals surface area (Å²) in [5.41, 5.74) is 1.55. The molecule has 2 aromatic carbocycles. The molecule has 21 heavy (non-hydrogen) atoms. The highest BCUT2D eigenvalue weighted by Crippen LogP contribution is 2.37. The van der Waals surface area contributed by atoms with Gasteiger partial charge in [-0.2, -0.15) is 0 Å². The van der Waals surface area contributed by atoms with Crippen molar-refractivity contribution in [2.75, 3.05) is 0 Å². The van der Waals surface area contributed by atoms with Crippen LogP contribution in [0.4, 0.5) is 5.69 Å². The van der Waals surface area contributed by atoms with Gasteiger partial charge in [-0.1, -0.05) is 23.9 Å². The van der Waals surface area contributed by atoms with Gasteiger partial charge in [0.2, 0.25) is 0 Å². The van der Waals surface area contributed by atoms with Gasteiger partial charge in [0.05, 0.1) is 9.82 Å². The molecule has 0 saturated carbocycles. The lowest BCUT2D eigenvalue weighted by atomic mass is 10.1. The number of nitro benzene ring substituents is 1. The van der Waals surface area contributed by atoms with Crippen molar-refractivity contribution in [2.45, 2.75) is 23.6 Å². The molecule has 2 aromatic rings. The van der Waals surface area contributed by atoms with E-state index in [0.29, 0.717) is 4.90 Å². The predicted molar refractivity (Wildman–Crippen MR) is 80.1 cm³/mol. The lowest BCUT2D eigenvalue weighted by Gasteiger charge is -2.07. The van der Waals surface area contributed by atoms with Crippen LogP contribution in [0.1, 0.15) is 21.5 Å². The van der Waals surface area contributed by atoms with Gasteiger partial charge in [0.25, 0.3) is 5.69 Å². The maximum atomic E-state index is 11.2. The highest BCUT2D eigenvalue weighted by atomic mass is 32.2. The van der Waals surface area contributed by atoms with Crippen molar-refractivity contribution in [1.82, 2.24) is 0 Å². The van der Waals surface area contributed by atoms with Crippen LogP contribution < -0.4 is 0 Å². The molecule has 0 amide bonds. The van der Waals surface area contributed by atoms with Crippen LogP contribution in [0.2, 0.25) is 0 Å². The lowest BCUT2D eigenvalue weighted by molar-refractivity contribution is -0.388. The average Bonchev–Trinajstić information content (AvgIpc) is 2.42. The van der Waals surface area contributed by atoms with Gasteiger partial charge in [0.15, 0.2) is 0 Å². The Hall–Kier alpha value is -2.34. The largest absolute Gasteiger partial charge is 0.477 e. The first kappa shape index (κ1) is 15.1. The molecule has 0 bridgehead atoms. The lowest BCUT2D eigenvalue weighted by Crippen LogP contribution is -2.03. The third kappa shape index (κ3) is 3.22. The number of carboxylic acids is 1. The number of aryl methyl sites for hydroxylation is 2. The number of rotatable bonds is 4. The van der Waals surface area contributed by atoms with E-state index in [1.54, 1.807) is 6.07 Å². The standard InChI is InChI=1S/C15H13NO4S/c1-9-6-7-11(8-10(9)2)21-13-5-3-4-12(15(17)18)14(13)16(19)20/h3-8H,1-2H3,(H,17,18). The van der Waals surface area contributed by atoms with Gasteiger partial charge in [-0.05, 0) is 49.2 Å². The van der Waals surface area contributed by atoms with Gasteiger partial charge in [0, 0.05) is 4.90 Å². The first-order chi connectivity index (χ1) is 9.90. The molecule has 0 aliphatic rings. The molecule has 0 saturated heterocycles. The number of hydrogen-bond acceptors (Lipinski definition) is 4. The highest BCUT2D eigenvalue weighted by Gasteiger charge is 2.24. The Balaban J connectivity index is 2.48. The van der Waals surface area contributed by atoms with Gasteiger partial charge >= 0.3 is 5.97 Å². The third-order valence-electron chi connectivity index (χ3n) is 3.12. The molecule has 0 aliphatic heterocycles. The van der Waals surface area contributed by atoms with Crippen LogP contribution in [0.25, 0.3) is 0 Å². The molecule has 0 heterocycles. The van der Waals surface area contributed by atoms with E-state index in [1.165, 1.54) is 23.9 Å². The van der Waals surface area contributed by atoms with E-state index in [0.717, 1.165) is 16.0 Å². The topological polar surface area (TPSA) is 80.4 Å². The van der Waals surface area contributed by atoms with E-state index in [2.05, 4.69) is 0 Å². The van der Waals surface area contributed by atoms with Crippen LogP contribution >= 0.6 is 11.8 Å². The summed E-state index contributed by atoms with van der Waals surface area (Å²) in [6, 6.07) is 10.0. The Bertz CT molecular complexity index is 728. The monoisotopic (exact) mass is 303 g/mol. The maximum Gasteiger partial charge on any atom is 0.342 e. The molecule has 0 atom stereocenters. The summed E-state index contributed by atoms with van der Waals surface area (Å²) < 4.78 is 0. The number of para-hydroxylation sites is 1. The molecule has 0 unspecified atom stereocenters. The number of aromatic carboxylic acids is 1. The first-order valence-corrected chi connectivity index (χ1v) is 6.97. The molecule has 6 heteroatoms. The number of nitro groups is 1. The summed E-state index contributed by atoms with van der Waals surface area (Å²) in [6.07, 6.45) is 0. The van der Waals surface area contributed by atoms with Gasteiger partial charge in [-0.3, -0.25) is 10.1 Å². The van der Waals surface area contributed by atoms with Gasteiger partial charge in [0.1, 0.15) is 5.56 Å². The molecule has 0 aliphatic carbocycles. The van der Waals surface area contributed by atoms with E-state index >= 15 is 0 Å². The highest BCUT2D eigenvalue weighted by molar-refractivity contribution is 7.99. The normalized spacial score (nSPS) is 10.4. The molecule has 5 nitrogen and oxygen atoms in total. The minimum atomic E-state index is -1.30. The number of carboxylic acid groups (broad SMARTS) is 1. The summed E-state index contributed by atoms with van der Waals surface area (Å²) in [6.45, 7) is 3.94. The zero-order valence-corrected chi connectivity index (χ0v) is 12.3. The molecule has 0 fully saturated rings. The summed E-state index contributed by atoms with van der Waals surface area (Å²) >= 11 is 1.19. The summed E-state index contributed by atoms with van der Waals surface area (Å²) in [7, 11) is 0. The summed E-state index contributed by atoms with van der Waals surface area (Å²) in [5.74, 6) is -1.30. The molecule has 1 N–H and O–H groups in total. The van der Waals surface area contributed by atoms with Gasteiger partial charge < -0.3 is 5.11 Å². The predicted octanol–water partition coefficient (Wildman–Crippen LogP) is 4.06. The first-order valence-electron chi connectivity index (χ1n) is 6.16. The third-order valence-corrected chi connectivity index (χ3v) is 4.16. The van der Waals surface area contributed by atoms with Crippen molar-refractivity contribution in [1.29, 1.82) is 0 Å². The van der Waals surface area contributed by atoms with E-state index in [9.17, 15) is 14.9 Å². The maximum absolute atomic E-state index is 11.2. The molecule has 2 rings (SSSR count). The van der Waals surface area contributed by atoms with E-state index < -0.39 is 10.9 Å².